The van der Waals surface area contributed by atoms with Gasteiger partial charge in [0.2, 0.25) is 0 Å². The van der Waals surface area contributed by atoms with Gasteiger partial charge >= 0.3 is 6.09 Å². The third-order valence-corrected chi connectivity index (χ3v) is 3.15. The van der Waals surface area contributed by atoms with Gasteiger partial charge in [-0.1, -0.05) is 35.4 Å². The third-order valence-electron chi connectivity index (χ3n) is 3.15. The second-order valence-electron chi connectivity index (χ2n) is 4.57. The Balaban J connectivity index is 1.72. The van der Waals surface area contributed by atoms with Crippen molar-refractivity contribution >= 4 is 6.09 Å². The molecule has 6 heteroatoms. The van der Waals surface area contributed by atoms with Crippen LogP contribution in [0.1, 0.15) is 24.8 Å². The van der Waals surface area contributed by atoms with Crippen molar-refractivity contribution < 1.29 is 9.53 Å². The first kappa shape index (κ1) is 13.2. The molecule has 1 aliphatic carbocycles. The van der Waals surface area contributed by atoms with Crippen LogP contribution in [0.3, 0.4) is 0 Å². The summed E-state index contributed by atoms with van der Waals surface area (Å²) >= 11 is 0. The Kier molecular flexibility index (Phi) is 4.64. The molecule has 1 saturated carbocycles. The van der Waals surface area contributed by atoms with Crippen molar-refractivity contribution in [3.05, 3.63) is 46.3 Å². The zero-order chi connectivity index (χ0) is 13.5. The zero-order valence-corrected chi connectivity index (χ0v) is 10.5. The van der Waals surface area contributed by atoms with E-state index in [0.29, 0.717) is 6.42 Å². The largest absolute Gasteiger partial charge is 0.445 e. The van der Waals surface area contributed by atoms with Crippen LogP contribution in [0.5, 0.6) is 0 Å². The maximum absolute atomic E-state index is 11.6. The lowest BCUT2D eigenvalue weighted by Gasteiger charge is -2.12. The first-order chi connectivity index (χ1) is 9.28. The monoisotopic (exact) mass is 260 g/mol. The van der Waals surface area contributed by atoms with Crippen molar-refractivity contribution in [2.75, 3.05) is 0 Å². The molecule has 19 heavy (non-hydrogen) atoms. The molecule has 0 radical (unpaired) electrons. The lowest BCUT2D eigenvalue weighted by molar-refractivity contribution is 0.136. The SMILES string of the molecule is [N-]=[N+]=N[C@@H]1CC[C@@H](NC(=O)OCc2ccccc2)C1. The molecule has 1 amide bonds. The van der Waals surface area contributed by atoms with Gasteiger partial charge in [-0.25, -0.2) is 4.79 Å². The minimum Gasteiger partial charge on any atom is -0.445 e. The van der Waals surface area contributed by atoms with Crippen LogP contribution in [-0.4, -0.2) is 18.2 Å². The van der Waals surface area contributed by atoms with E-state index in [1.165, 1.54) is 0 Å². The summed E-state index contributed by atoms with van der Waals surface area (Å²) in [6.45, 7) is 0.263. The van der Waals surface area contributed by atoms with E-state index in [1.54, 1.807) is 0 Å². The molecule has 1 fully saturated rings. The minimum absolute atomic E-state index is 0.00979. The topological polar surface area (TPSA) is 87.1 Å². The number of carbonyl (C=O) groups excluding carboxylic acids is 1. The number of ether oxygens (including phenoxy) is 1. The first-order valence-electron chi connectivity index (χ1n) is 6.29. The number of carbonyl (C=O) groups is 1. The van der Waals surface area contributed by atoms with Crippen molar-refractivity contribution in [2.45, 2.75) is 38.0 Å². The first-order valence-corrected chi connectivity index (χ1v) is 6.29. The highest BCUT2D eigenvalue weighted by Gasteiger charge is 2.25. The summed E-state index contributed by atoms with van der Waals surface area (Å²) in [5, 5.41) is 6.46. The summed E-state index contributed by atoms with van der Waals surface area (Å²) in [6.07, 6.45) is 1.90. The predicted octanol–water partition coefficient (Wildman–Crippen LogP) is 3.14. The van der Waals surface area contributed by atoms with Crippen LogP contribution in [0.15, 0.2) is 35.4 Å². The lowest BCUT2D eigenvalue weighted by atomic mass is 10.2. The number of benzene rings is 1. The molecule has 0 unspecified atom stereocenters. The Morgan fingerprint density at radius 2 is 2.21 bits per heavy atom. The van der Waals surface area contributed by atoms with Gasteiger partial charge in [0.15, 0.2) is 0 Å². The van der Waals surface area contributed by atoms with Gasteiger partial charge in [0, 0.05) is 17.0 Å². The highest BCUT2D eigenvalue weighted by Crippen LogP contribution is 2.22. The third kappa shape index (κ3) is 4.19. The second kappa shape index (κ2) is 6.66. The van der Waals surface area contributed by atoms with Gasteiger partial charge in [0.25, 0.3) is 0 Å². The molecular formula is C13H16N4O2. The number of hydrogen-bond acceptors (Lipinski definition) is 3. The molecule has 1 N–H and O–H groups in total. The van der Waals surface area contributed by atoms with E-state index in [9.17, 15) is 4.79 Å². The Morgan fingerprint density at radius 3 is 2.95 bits per heavy atom. The van der Waals surface area contributed by atoms with Gasteiger partial charge in [0.1, 0.15) is 6.61 Å². The van der Waals surface area contributed by atoms with Crippen molar-refractivity contribution in [3.8, 4) is 0 Å². The van der Waals surface area contributed by atoms with Gasteiger partial charge in [0.05, 0.1) is 0 Å². The smallest absolute Gasteiger partial charge is 0.407 e. The molecule has 0 saturated heterocycles. The lowest BCUT2D eigenvalue weighted by Crippen LogP contribution is -2.33. The summed E-state index contributed by atoms with van der Waals surface area (Å²) in [4.78, 5) is 14.4. The molecule has 6 nitrogen and oxygen atoms in total. The Labute approximate surface area is 111 Å². The average molecular weight is 260 g/mol. The number of amides is 1. The number of azide groups is 1. The van der Waals surface area contributed by atoms with Crippen LogP contribution < -0.4 is 5.32 Å². The Morgan fingerprint density at radius 1 is 1.42 bits per heavy atom. The van der Waals surface area contributed by atoms with E-state index in [2.05, 4.69) is 15.3 Å². The quantitative estimate of drug-likeness (QED) is 0.512. The molecule has 0 heterocycles. The zero-order valence-electron chi connectivity index (χ0n) is 10.5. The van der Waals surface area contributed by atoms with E-state index in [4.69, 9.17) is 10.3 Å². The molecule has 100 valence electrons. The fraction of sp³-hybridized carbons (Fsp3) is 0.462. The summed E-state index contributed by atoms with van der Waals surface area (Å²) in [6, 6.07) is 9.55. The summed E-state index contributed by atoms with van der Waals surface area (Å²) in [7, 11) is 0. The van der Waals surface area contributed by atoms with E-state index in [0.717, 1.165) is 18.4 Å². The number of rotatable bonds is 4. The van der Waals surface area contributed by atoms with Crippen molar-refractivity contribution in [3.63, 3.8) is 0 Å². The highest BCUT2D eigenvalue weighted by molar-refractivity contribution is 5.67. The van der Waals surface area contributed by atoms with Crippen molar-refractivity contribution in [2.24, 2.45) is 5.11 Å². The fourth-order valence-electron chi connectivity index (χ4n) is 2.20. The molecule has 1 aromatic carbocycles. The minimum atomic E-state index is -0.421. The van der Waals surface area contributed by atoms with Crippen molar-refractivity contribution in [1.82, 2.24) is 5.32 Å². The van der Waals surface area contributed by atoms with E-state index < -0.39 is 6.09 Å². The van der Waals surface area contributed by atoms with E-state index in [1.807, 2.05) is 30.3 Å². The highest BCUT2D eigenvalue weighted by atomic mass is 16.5. The molecule has 1 aliphatic rings. The normalized spacial score (nSPS) is 21.5. The van der Waals surface area contributed by atoms with Gasteiger partial charge < -0.3 is 10.1 Å². The summed E-state index contributed by atoms with van der Waals surface area (Å²) in [5.74, 6) is 0. The number of nitrogens with zero attached hydrogens (tertiary/aromatic N) is 3. The molecule has 2 rings (SSSR count). The molecule has 0 aliphatic heterocycles. The van der Waals surface area contributed by atoms with Crippen LogP contribution >= 0.6 is 0 Å². The van der Waals surface area contributed by atoms with Gasteiger partial charge in [-0.05, 0) is 30.4 Å². The number of nitrogens with one attached hydrogen (secondary N) is 1. The molecule has 1 aromatic rings. The maximum atomic E-state index is 11.6. The Hall–Kier alpha value is -2.20. The molecule has 0 spiro atoms. The standard InChI is InChI=1S/C13H16N4O2/c14-17-16-12-7-6-11(8-12)15-13(18)19-9-10-4-2-1-3-5-10/h1-5,11-12H,6-9H2,(H,15,18)/t11-,12-/m1/s1. The summed E-state index contributed by atoms with van der Waals surface area (Å²) < 4.78 is 5.13. The van der Waals surface area contributed by atoms with Crippen LogP contribution in [0.4, 0.5) is 4.79 Å². The van der Waals surface area contributed by atoms with Crippen LogP contribution in [0.2, 0.25) is 0 Å². The van der Waals surface area contributed by atoms with Gasteiger partial charge in [-0.2, -0.15) is 0 Å². The predicted molar refractivity (Wildman–Crippen MR) is 70.3 cm³/mol. The molecular weight excluding hydrogens is 244 g/mol. The average Bonchev–Trinajstić information content (AvgIpc) is 2.85. The van der Waals surface area contributed by atoms with Crippen LogP contribution in [0.25, 0.3) is 10.4 Å². The molecule has 0 bridgehead atoms. The second-order valence-corrected chi connectivity index (χ2v) is 4.57. The van der Waals surface area contributed by atoms with Crippen LogP contribution in [0, 0.1) is 0 Å². The fourth-order valence-corrected chi connectivity index (χ4v) is 2.20. The Bertz CT molecular complexity index is 471. The van der Waals surface area contributed by atoms with Crippen molar-refractivity contribution in [1.29, 1.82) is 0 Å². The number of hydrogen-bond donors (Lipinski definition) is 1. The summed E-state index contributed by atoms with van der Waals surface area (Å²) in [5.41, 5.74) is 9.31. The van der Waals surface area contributed by atoms with Gasteiger partial charge in [-0.15, -0.1) is 0 Å². The van der Waals surface area contributed by atoms with E-state index in [-0.39, 0.29) is 18.7 Å². The van der Waals surface area contributed by atoms with Crippen LogP contribution in [-0.2, 0) is 11.3 Å². The number of alkyl carbamates (subject to hydrolysis) is 1. The molecule has 2 atom stereocenters. The van der Waals surface area contributed by atoms with E-state index >= 15 is 0 Å². The maximum Gasteiger partial charge on any atom is 0.407 e. The molecule has 0 aromatic heterocycles. The van der Waals surface area contributed by atoms with Gasteiger partial charge in [-0.3, -0.25) is 0 Å².